The molecule has 0 aliphatic rings. The van der Waals surface area contributed by atoms with Crippen molar-refractivity contribution in [3.63, 3.8) is 0 Å². The van der Waals surface area contributed by atoms with E-state index in [1.165, 1.54) is 16.4 Å². The summed E-state index contributed by atoms with van der Waals surface area (Å²) in [6, 6.07) is 19.1. The van der Waals surface area contributed by atoms with Crippen molar-refractivity contribution in [3.05, 3.63) is 93.5 Å². The summed E-state index contributed by atoms with van der Waals surface area (Å²) in [6.07, 6.45) is 0. The quantitative estimate of drug-likeness (QED) is 0.329. The lowest BCUT2D eigenvalue weighted by Crippen LogP contribution is -2.41. The van der Waals surface area contributed by atoms with Gasteiger partial charge in [-0.3, -0.25) is 9.10 Å². The summed E-state index contributed by atoms with van der Waals surface area (Å²) in [7, 11) is -3.92. The Hall–Kier alpha value is -2.19. The molecule has 0 aromatic heterocycles. The minimum absolute atomic E-state index is 0.138. The Morgan fingerprint density at radius 3 is 2.26 bits per heavy atom. The van der Waals surface area contributed by atoms with E-state index in [-0.39, 0.29) is 17.3 Å². The van der Waals surface area contributed by atoms with Crippen LogP contribution in [0.4, 0.5) is 5.69 Å². The average Bonchev–Trinajstić information content (AvgIpc) is 2.79. The van der Waals surface area contributed by atoms with Gasteiger partial charge in [0.1, 0.15) is 6.54 Å². The highest BCUT2D eigenvalue weighted by Crippen LogP contribution is 2.26. The predicted octanol–water partition coefficient (Wildman–Crippen LogP) is 5.86. The van der Waals surface area contributed by atoms with Crippen molar-refractivity contribution in [3.8, 4) is 0 Å². The molecule has 0 atom stereocenters. The number of aryl methyl sites for hydroxylation is 2. The fourth-order valence-electron chi connectivity index (χ4n) is 3.40. The molecule has 3 aromatic rings. The average molecular weight is 538 g/mol. The van der Waals surface area contributed by atoms with Gasteiger partial charge in [0.05, 0.1) is 20.6 Å². The van der Waals surface area contributed by atoms with E-state index < -0.39 is 10.0 Å². The van der Waals surface area contributed by atoms with Gasteiger partial charge in [-0.2, -0.15) is 11.8 Å². The Bertz CT molecular complexity index is 1230. The van der Waals surface area contributed by atoms with E-state index in [1.54, 1.807) is 48.2 Å². The number of amides is 1. The summed E-state index contributed by atoms with van der Waals surface area (Å²) in [4.78, 5) is 12.9. The summed E-state index contributed by atoms with van der Waals surface area (Å²) in [6.45, 7) is 3.90. The first-order valence-corrected chi connectivity index (χ1v) is 14.0. The van der Waals surface area contributed by atoms with Crippen molar-refractivity contribution in [2.75, 3.05) is 23.1 Å². The van der Waals surface area contributed by atoms with Gasteiger partial charge in [-0.15, -0.1) is 0 Å². The van der Waals surface area contributed by atoms with E-state index in [0.29, 0.717) is 28.0 Å². The number of hydrogen-bond donors (Lipinski definition) is 1. The Labute approximate surface area is 215 Å². The molecule has 0 heterocycles. The highest BCUT2D eigenvalue weighted by atomic mass is 35.5. The molecular weight excluding hydrogens is 511 g/mol. The van der Waals surface area contributed by atoms with Crippen LogP contribution in [0.3, 0.4) is 0 Å². The van der Waals surface area contributed by atoms with Crippen molar-refractivity contribution in [1.82, 2.24) is 5.32 Å². The summed E-state index contributed by atoms with van der Waals surface area (Å²) < 4.78 is 28.0. The number of carbonyl (C=O) groups excluding carboxylic acids is 1. The summed E-state index contributed by atoms with van der Waals surface area (Å²) >= 11 is 13.6. The molecular formula is C25H26Cl2N2O3S2. The minimum atomic E-state index is -3.92. The molecule has 0 aliphatic heterocycles. The van der Waals surface area contributed by atoms with Crippen LogP contribution in [-0.4, -0.2) is 33.2 Å². The second-order valence-electron chi connectivity index (χ2n) is 7.82. The third-order valence-corrected chi connectivity index (χ3v) is 8.49. The van der Waals surface area contributed by atoms with Crippen molar-refractivity contribution in [2.24, 2.45) is 0 Å². The number of carbonyl (C=O) groups is 1. The number of thioether (sulfide) groups is 1. The number of halogens is 2. The van der Waals surface area contributed by atoms with Crippen molar-refractivity contribution in [1.29, 1.82) is 0 Å². The van der Waals surface area contributed by atoms with Crippen LogP contribution in [-0.2, 0) is 20.6 Å². The van der Waals surface area contributed by atoms with Crippen LogP contribution in [0.25, 0.3) is 0 Å². The molecule has 180 valence electrons. The van der Waals surface area contributed by atoms with Gasteiger partial charge in [0.25, 0.3) is 10.0 Å². The molecule has 34 heavy (non-hydrogen) atoms. The van der Waals surface area contributed by atoms with Gasteiger partial charge in [0, 0.05) is 18.1 Å². The highest BCUT2D eigenvalue weighted by molar-refractivity contribution is 7.98. The van der Waals surface area contributed by atoms with E-state index in [9.17, 15) is 13.2 Å². The number of benzene rings is 3. The van der Waals surface area contributed by atoms with E-state index in [0.717, 1.165) is 22.4 Å². The normalized spacial score (nSPS) is 11.3. The van der Waals surface area contributed by atoms with Gasteiger partial charge in [-0.05, 0) is 66.9 Å². The van der Waals surface area contributed by atoms with Crippen LogP contribution in [0.2, 0.25) is 10.0 Å². The molecule has 0 saturated carbocycles. The van der Waals surface area contributed by atoms with Crippen molar-refractivity contribution < 1.29 is 13.2 Å². The third-order valence-electron chi connectivity index (χ3n) is 4.93. The maximum atomic E-state index is 13.4. The Morgan fingerprint density at radius 1 is 0.941 bits per heavy atom. The maximum absolute atomic E-state index is 13.4. The number of anilines is 1. The second-order valence-corrected chi connectivity index (χ2v) is 11.6. The topological polar surface area (TPSA) is 66.5 Å². The molecule has 3 rings (SSSR count). The minimum Gasteiger partial charge on any atom is -0.354 e. The van der Waals surface area contributed by atoms with E-state index in [4.69, 9.17) is 23.2 Å². The Morgan fingerprint density at radius 2 is 1.62 bits per heavy atom. The summed E-state index contributed by atoms with van der Waals surface area (Å²) in [5.74, 6) is 1.03. The van der Waals surface area contributed by atoms with Crippen molar-refractivity contribution >= 4 is 56.6 Å². The monoisotopic (exact) mass is 536 g/mol. The SMILES string of the molecule is Cc1cc(C)cc(N(CC(=O)NCCSCc2ccc(Cl)c(Cl)c2)S(=O)(=O)c2ccccc2)c1. The number of nitrogens with zero attached hydrogens (tertiary/aromatic N) is 1. The molecule has 9 heteroatoms. The molecule has 0 spiro atoms. The van der Waals surface area contributed by atoms with Gasteiger partial charge in [0.2, 0.25) is 5.91 Å². The summed E-state index contributed by atoms with van der Waals surface area (Å²) in [5.41, 5.74) is 3.34. The Kier molecular flexibility index (Phi) is 9.31. The summed E-state index contributed by atoms with van der Waals surface area (Å²) in [5, 5.41) is 3.86. The van der Waals surface area contributed by atoms with Gasteiger partial charge >= 0.3 is 0 Å². The van der Waals surface area contributed by atoms with Gasteiger partial charge in [-0.1, -0.05) is 53.5 Å². The van der Waals surface area contributed by atoms with E-state index >= 15 is 0 Å². The fraction of sp³-hybridized carbons (Fsp3) is 0.240. The van der Waals surface area contributed by atoms with Gasteiger partial charge < -0.3 is 5.32 Å². The number of hydrogen-bond acceptors (Lipinski definition) is 4. The molecule has 0 bridgehead atoms. The van der Waals surface area contributed by atoms with Crippen LogP contribution in [0.15, 0.2) is 71.6 Å². The first-order valence-electron chi connectivity index (χ1n) is 10.6. The largest absolute Gasteiger partial charge is 0.354 e. The molecule has 0 radical (unpaired) electrons. The molecule has 3 aromatic carbocycles. The lowest BCUT2D eigenvalue weighted by Gasteiger charge is -2.25. The zero-order valence-electron chi connectivity index (χ0n) is 18.9. The van der Waals surface area contributed by atoms with E-state index in [1.807, 2.05) is 32.0 Å². The fourth-order valence-corrected chi connectivity index (χ4v) is 5.95. The van der Waals surface area contributed by atoms with Gasteiger partial charge in [0.15, 0.2) is 0 Å². The van der Waals surface area contributed by atoms with Crippen LogP contribution >= 0.6 is 35.0 Å². The first-order chi connectivity index (χ1) is 16.2. The van der Waals surface area contributed by atoms with Crippen LogP contribution in [0.5, 0.6) is 0 Å². The van der Waals surface area contributed by atoms with Crippen LogP contribution < -0.4 is 9.62 Å². The first kappa shape index (κ1) is 26.4. The van der Waals surface area contributed by atoms with Crippen LogP contribution in [0.1, 0.15) is 16.7 Å². The molecule has 0 fully saturated rings. The maximum Gasteiger partial charge on any atom is 0.264 e. The number of rotatable bonds is 10. The zero-order chi connectivity index (χ0) is 24.7. The molecule has 5 nitrogen and oxygen atoms in total. The van der Waals surface area contributed by atoms with Crippen molar-refractivity contribution in [2.45, 2.75) is 24.5 Å². The smallest absolute Gasteiger partial charge is 0.264 e. The molecule has 0 aliphatic carbocycles. The molecule has 0 saturated heterocycles. The zero-order valence-corrected chi connectivity index (χ0v) is 22.1. The molecule has 1 N–H and O–H groups in total. The highest BCUT2D eigenvalue weighted by Gasteiger charge is 2.27. The van der Waals surface area contributed by atoms with Crippen LogP contribution in [0, 0.1) is 13.8 Å². The number of sulfonamides is 1. The molecule has 0 unspecified atom stereocenters. The third kappa shape index (κ3) is 7.15. The molecule has 1 amide bonds. The number of nitrogens with one attached hydrogen (secondary N) is 1. The van der Waals surface area contributed by atoms with E-state index in [2.05, 4.69) is 5.32 Å². The standard InChI is InChI=1S/C25H26Cl2N2O3S2/c1-18-12-19(2)14-21(13-18)29(34(31,32)22-6-4-3-5-7-22)16-25(30)28-10-11-33-17-20-8-9-23(26)24(27)15-20/h3-9,12-15H,10-11,16-17H2,1-2H3,(H,28,30). The van der Waals surface area contributed by atoms with Gasteiger partial charge in [-0.25, -0.2) is 8.42 Å². The predicted molar refractivity (Wildman–Crippen MR) is 143 cm³/mol. The lowest BCUT2D eigenvalue weighted by atomic mass is 10.1. The second kappa shape index (κ2) is 12.0. The lowest BCUT2D eigenvalue weighted by molar-refractivity contribution is -0.119. The Balaban J connectivity index is 1.65.